The number of halogens is 1. The molecule has 19 heavy (non-hydrogen) atoms. The van der Waals surface area contributed by atoms with E-state index in [2.05, 4.69) is 0 Å². The van der Waals surface area contributed by atoms with Gasteiger partial charge in [0.2, 0.25) is 0 Å². The van der Waals surface area contributed by atoms with Crippen LogP contribution in [0.1, 0.15) is 35.3 Å². The predicted octanol–water partition coefficient (Wildman–Crippen LogP) is 4.21. The molecule has 0 spiro atoms. The van der Waals surface area contributed by atoms with E-state index in [9.17, 15) is 5.11 Å². The Morgan fingerprint density at radius 3 is 2.84 bits per heavy atom. The SMILES string of the molecule is Cc1ccc2c(c1)C(O)CC(c1cccc(Cl)c1)O2. The highest BCUT2D eigenvalue weighted by molar-refractivity contribution is 6.30. The number of aliphatic hydroxyl groups is 1. The van der Waals surface area contributed by atoms with E-state index in [-0.39, 0.29) is 6.10 Å². The zero-order chi connectivity index (χ0) is 13.4. The lowest BCUT2D eigenvalue weighted by Crippen LogP contribution is -2.19. The van der Waals surface area contributed by atoms with Crippen LogP contribution < -0.4 is 4.74 Å². The number of aryl methyl sites for hydroxylation is 1. The summed E-state index contributed by atoms with van der Waals surface area (Å²) in [6.07, 6.45) is -0.0897. The van der Waals surface area contributed by atoms with E-state index >= 15 is 0 Å². The summed E-state index contributed by atoms with van der Waals surface area (Å²) in [5, 5.41) is 11.0. The largest absolute Gasteiger partial charge is 0.485 e. The normalized spacial score (nSPS) is 21.6. The molecule has 0 bridgehead atoms. The second-order valence-corrected chi connectivity index (χ2v) is 5.39. The second kappa shape index (κ2) is 4.87. The van der Waals surface area contributed by atoms with Crippen LogP contribution in [0.5, 0.6) is 5.75 Å². The summed E-state index contributed by atoms with van der Waals surface area (Å²) in [6.45, 7) is 2.01. The fourth-order valence-corrected chi connectivity index (χ4v) is 2.68. The van der Waals surface area contributed by atoms with E-state index in [4.69, 9.17) is 16.3 Å². The van der Waals surface area contributed by atoms with Crippen LogP contribution in [0.3, 0.4) is 0 Å². The molecule has 98 valence electrons. The molecule has 0 saturated carbocycles. The van der Waals surface area contributed by atoms with Gasteiger partial charge in [0.05, 0.1) is 6.10 Å². The van der Waals surface area contributed by atoms with Crippen molar-refractivity contribution in [2.24, 2.45) is 0 Å². The first-order chi connectivity index (χ1) is 9.13. The minimum absolute atomic E-state index is 0.149. The lowest BCUT2D eigenvalue weighted by Gasteiger charge is -2.30. The highest BCUT2D eigenvalue weighted by Gasteiger charge is 2.28. The lowest BCUT2D eigenvalue weighted by atomic mass is 9.94. The molecule has 3 rings (SSSR count). The van der Waals surface area contributed by atoms with E-state index in [1.165, 1.54) is 0 Å². The number of aliphatic hydroxyl groups excluding tert-OH is 1. The Hall–Kier alpha value is -1.51. The van der Waals surface area contributed by atoms with Crippen molar-refractivity contribution in [1.82, 2.24) is 0 Å². The predicted molar refractivity (Wildman–Crippen MR) is 75.6 cm³/mol. The fourth-order valence-electron chi connectivity index (χ4n) is 2.48. The maximum Gasteiger partial charge on any atom is 0.127 e. The maximum atomic E-state index is 10.3. The molecule has 2 aromatic rings. The van der Waals surface area contributed by atoms with Crippen LogP contribution in [0, 0.1) is 6.92 Å². The smallest absolute Gasteiger partial charge is 0.127 e. The van der Waals surface area contributed by atoms with Gasteiger partial charge in [-0.3, -0.25) is 0 Å². The molecule has 2 unspecified atom stereocenters. The van der Waals surface area contributed by atoms with E-state index in [1.54, 1.807) is 0 Å². The average molecular weight is 275 g/mol. The first-order valence-electron chi connectivity index (χ1n) is 6.34. The molecular formula is C16H15ClO2. The minimum atomic E-state index is -0.493. The Labute approximate surface area is 117 Å². The maximum absolute atomic E-state index is 10.3. The van der Waals surface area contributed by atoms with Gasteiger partial charge in [0.25, 0.3) is 0 Å². The van der Waals surface area contributed by atoms with Crippen LogP contribution >= 0.6 is 11.6 Å². The number of hydrogen-bond donors (Lipinski definition) is 1. The topological polar surface area (TPSA) is 29.5 Å². The second-order valence-electron chi connectivity index (χ2n) is 4.95. The average Bonchev–Trinajstić information content (AvgIpc) is 2.39. The van der Waals surface area contributed by atoms with E-state index in [0.717, 1.165) is 22.4 Å². The van der Waals surface area contributed by atoms with Crippen molar-refractivity contribution >= 4 is 11.6 Å². The Bertz CT molecular complexity index is 609. The Kier molecular flexibility index (Phi) is 3.21. The molecular weight excluding hydrogens is 260 g/mol. The van der Waals surface area contributed by atoms with Crippen LogP contribution in [0.25, 0.3) is 0 Å². The molecule has 3 heteroatoms. The summed E-state index contributed by atoms with van der Waals surface area (Å²) >= 11 is 6.00. The number of fused-ring (bicyclic) bond motifs is 1. The van der Waals surface area contributed by atoms with E-state index < -0.39 is 6.10 Å². The first kappa shape index (κ1) is 12.5. The van der Waals surface area contributed by atoms with Crippen molar-refractivity contribution in [3.05, 3.63) is 64.2 Å². The highest BCUT2D eigenvalue weighted by Crippen LogP contribution is 2.41. The molecule has 0 amide bonds. The monoisotopic (exact) mass is 274 g/mol. The highest BCUT2D eigenvalue weighted by atomic mass is 35.5. The first-order valence-corrected chi connectivity index (χ1v) is 6.72. The van der Waals surface area contributed by atoms with Crippen molar-refractivity contribution in [2.45, 2.75) is 25.6 Å². The molecule has 1 N–H and O–H groups in total. The number of benzene rings is 2. The number of rotatable bonds is 1. The van der Waals surface area contributed by atoms with Gasteiger partial charge in [-0.2, -0.15) is 0 Å². The van der Waals surface area contributed by atoms with Crippen LogP contribution in [-0.4, -0.2) is 5.11 Å². The Morgan fingerprint density at radius 1 is 1.21 bits per heavy atom. The molecule has 0 aromatic heterocycles. The van der Waals surface area contributed by atoms with Gasteiger partial charge in [0.15, 0.2) is 0 Å². The molecule has 1 aliphatic rings. The quantitative estimate of drug-likeness (QED) is 0.844. The molecule has 1 heterocycles. The van der Waals surface area contributed by atoms with Crippen molar-refractivity contribution < 1.29 is 9.84 Å². The molecule has 0 fully saturated rings. The molecule has 0 aliphatic carbocycles. The third kappa shape index (κ3) is 2.46. The molecule has 2 nitrogen and oxygen atoms in total. The number of ether oxygens (including phenoxy) is 1. The van der Waals surface area contributed by atoms with Crippen LogP contribution in [0.2, 0.25) is 5.02 Å². The fraction of sp³-hybridized carbons (Fsp3) is 0.250. The zero-order valence-corrected chi connectivity index (χ0v) is 11.4. The van der Waals surface area contributed by atoms with Crippen LogP contribution in [0.15, 0.2) is 42.5 Å². The van der Waals surface area contributed by atoms with Gasteiger partial charge >= 0.3 is 0 Å². The van der Waals surface area contributed by atoms with E-state index in [1.807, 2.05) is 49.4 Å². The Balaban J connectivity index is 1.95. The standard InChI is InChI=1S/C16H15ClO2/c1-10-5-6-15-13(7-10)14(18)9-16(19-15)11-3-2-4-12(17)8-11/h2-8,14,16,18H,9H2,1H3. The molecule has 2 atom stereocenters. The van der Waals surface area contributed by atoms with Gasteiger partial charge < -0.3 is 9.84 Å². The van der Waals surface area contributed by atoms with Crippen molar-refractivity contribution in [1.29, 1.82) is 0 Å². The van der Waals surface area contributed by atoms with E-state index in [0.29, 0.717) is 11.4 Å². The lowest BCUT2D eigenvalue weighted by molar-refractivity contribution is 0.0657. The van der Waals surface area contributed by atoms with Crippen LogP contribution in [0.4, 0.5) is 0 Å². The summed E-state index contributed by atoms with van der Waals surface area (Å²) in [7, 11) is 0. The van der Waals surface area contributed by atoms with Crippen LogP contribution in [-0.2, 0) is 0 Å². The van der Waals surface area contributed by atoms with Crippen molar-refractivity contribution in [3.63, 3.8) is 0 Å². The van der Waals surface area contributed by atoms with Gasteiger partial charge in [-0.05, 0) is 36.8 Å². The van der Waals surface area contributed by atoms with Gasteiger partial charge in [-0.1, -0.05) is 35.4 Å². The van der Waals surface area contributed by atoms with Gasteiger partial charge in [-0.15, -0.1) is 0 Å². The zero-order valence-electron chi connectivity index (χ0n) is 10.6. The molecule has 2 aromatic carbocycles. The Morgan fingerprint density at radius 2 is 2.05 bits per heavy atom. The van der Waals surface area contributed by atoms with Crippen molar-refractivity contribution in [3.8, 4) is 5.75 Å². The third-order valence-corrected chi connectivity index (χ3v) is 3.69. The molecule has 0 saturated heterocycles. The summed E-state index contributed by atoms with van der Waals surface area (Å²) in [5.74, 6) is 0.759. The minimum Gasteiger partial charge on any atom is -0.485 e. The summed E-state index contributed by atoms with van der Waals surface area (Å²) < 4.78 is 5.98. The summed E-state index contributed by atoms with van der Waals surface area (Å²) in [4.78, 5) is 0. The van der Waals surface area contributed by atoms with Gasteiger partial charge in [0, 0.05) is 17.0 Å². The molecule has 1 aliphatic heterocycles. The third-order valence-electron chi connectivity index (χ3n) is 3.45. The summed E-state index contributed by atoms with van der Waals surface area (Å²) in [5.41, 5.74) is 3.00. The van der Waals surface area contributed by atoms with Gasteiger partial charge in [-0.25, -0.2) is 0 Å². The van der Waals surface area contributed by atoms with Crippen molar-refractivity contribution in [2.75, 3.05) is 0 Å². The summed E-state index contributed by atoms with van der Waals surface area (Å²) in [6, 6.07) is 13.5. The van der Waals surface area contributed by atoms with Gasteiger partial charge in [0.1, 0.15) is 11.9 Å². The molecule has 0 radical (unpaired) electrons. The number of hydrogen-bond acceptors (Lipinski definition) is 2.